The molecule has 0 aromatic heterocycles. The Balaban J connectivity index is 1.77. The molecule has 1 aromatic carbocycles. The highest BCUT2D eigenvalue weighted by Gasteiger charge is 2.31. The van der Waals surface area contributed by atoms with Gasteiger partial charge in [-0.2, -0.15) is 0 Å². The lowest BCUT2D eigenvalue weighted by Crippen LogP contribution is -2.46. The summed E-state index contributed by atoms with van der Waals surface area (Å²) < 4.78 is 23.4. The van der Waals surface area contributed by atoms with Crippen LogP contribution in [0.3, 0.4) is 0 Å². The summed E-state index contributed by atoms with van der Waals surface area (Å²) in [6, 6.07) is 10.2. The third-order valence-corrected chi connectivity index (χ3v) is 5.40. The van der Waals surface area contributed by atoms with Crippen LogP contribution in [0.2, 0.25) is 0 Å². The molecule has 112 valence electrons. The average Bonchev–Trinajstić information content (AvgIpc) is 3.19. The molecular weight excluding hydrogens is 304 g/mol. The molecule has 3 rings (SSSR count). The zero-order chi connectivity index (χ0) is 14.9. The van der Waals surface area contributed by atoms with E-state index in [-0.39, 0.29) is 11.8 Å². The van der Waals surface area contributed by atoms with Crippen LogP contribution in [0, 0.1) is 0 Å². The van der Waals surface area contributed by atoms with Crippen molar-refractivity contribution in [2.45, 2.75) is 31.5 Å². The fourth-order valence-electron chi connectivity index (χ4n) is 2.36. The van der Waals surface area contributed by atoms with Crippen molar-refractivity contribution in [3.8, 4) is 0 Å². The molecule has 0 radical (unpaired) electrons. The van der Waals surface area contributed by atoms with Gasteiger partial charge in [0.25, 0.3) is 0 Å². The Bertz CT molecular complexity index is 652. The normalized spacial score (nSPS) is 23.0. The topological polar surface area (TPSA) is 49.4 Å². The maximum absolute atomic E-state index is 11.7. The van der Waals surface area contributed by atoms with Crippen LogP contribution in [0.25, 0.3) is 0 Å². The summed E-state index contributed by atoms with van der Waals surface area (Å²) in [5.74, 6) is 0.103. The highest BCUT2D eigenvalue weighted by atomic mass is 32.2. The second-order valence-electron chi connectivity index (χ2n) is 5.56. The summed E-state index contributed by atoms with van der Waals surface area (Å²) in [7, 11) is -3.09. The van der Waals surface area contributed by atoms with Crippen LogP contribution in [0.1, 0.15) is 18.4 Å². The van der Waals surface area contributed by atoms with E-state index in [0.29, 0.717) is 17.7 Å². The second-order valence-corrected chi connectivity index (χ2v) is 7.88. The molecule has 1 fully saturated rings. The molecule has 4 nitrogen and oxygen atoms in total. The molecule has 2 aliphatic rings. The molecular formula is C15H18N2O2S2. The summed E-state index contributed by atoms with van der Waals surface area (Å²) in [4.78, 5) is 1.98. The Hall–Kier alpha value is -1.40. The smallest absolute Gasteiger partial charge is 0.173 e. The van der Waals surface area contributed by atoms with Crippen LogP contribution in [0.5, 0.6) is 0 Å². The van der Waals surface area contributed by atoms with Crippen LogP contribution >= 0.6 is 12.2 Å². The Kier molecular flexibility index (Phi) is 3.99. The van der Waals surface area contributed by atoms with Crippen molar-refractivity contribution in [1.29, 1.82) is 0 Å². The van der Waals surface area contributed by atoms with Crippen molar-refractivity contribution in [3.63, 3.8) is 0 Å². The number of nitrogens with one attached hydrogen (secondary N) is 1. The predicted molar refractivity (Wildman–Crippen MR) is 87.5 cm³/mol. The first-order valence-electron chi connectivity index (χ1n) is 7.05. The van der Waals surface area contributed by atoms with E-state index in [1.165, 1.54) is 5.41 Å². The van der Waals surface area contributed by atoms with Gasteiger partial charge in [0.2, 0.25) is 0 Å². The van der Waals surface area contributed by atoms with Crippen LogP contribution in [-0.2, 0) is 16.4 Å². The molecule has 1 N–H and O–H groups in total. The number of nitrogens with zero attached hydrogens (tertiary/aromatic N) is 1. The third kappa shape index (κ3) is 3.83. The number of hydrogen-bond acceptors (Lipinski definition) is 3. The van der Waals surface area contributed by atoms with Gasteiger partial charge in [-0.1, -0.05) is 30.3 Å². The largest absolute Gasteiger partial charge is 0.360 e. The van der Waals surface area contributed by atoms with Crippen LogP contribution in [0.4, 0.5) is 0 Å². The Labute approximate surface area is 130 Å². The van der Waals surface area contributed by atoms with Crippen molar-refractivity contribution < 1.29 is 8.42 Å². The molecule has 0 unspecified atom stereocenters. The van der Waals surface area contributed by atoms with E-state index in [4.69, 9.17) is 12.2 Å². The van der Waals surface area contributed by atoms with Gasteiger partial charge >= 0.3 is 0 Å². The average molecular weight is 322 g/mol. The first-order valence-corrected chi connectivity index (χ1v) is 9.18. The lowest BCUT2D eigenvalue weighted by Gasteiger charge is -2.30. The SMILES string of the molecule is O=S1(=O)C=C[C@H](N(Cc2ccccc2)C(=S)NC2CC2)C1. The Morgan fingerprint density at radius 3 is 2.57 bits per heavy atom. The van der Waals surface area contributed by atoms with E-state index < -0.39 is 9.84 Å². The van der Waals surface area contributed by atoms with E-state index in [9.17, 15) is 8.42 Å². The fraction of sp³-hybridized carbons (Fsp3) is 0.400. The molecule has 1 aliphatic carbocycles. The molecule has 1 saturated carbocycles. The maximum atomic E-state index is 11.7. The van der Waals surface area contributed by atoms with Gasteiger partial charge in [-0.05, 0) is 36.7 Å². The van der Waals surface area contributed by atoms with Crippen LogP contribution < -0.4 is 5.32 Å². The zero-order valence-electron chi connectivity index (χ0n) is 11.6. The van der Waals surface area contributed by atoms with E-state index in [0.717, 1.165) is 18.4 Å². The summed E-state index contributed by atoms with van der Waals surface area (Å²) in [6.07, 6.45) is 4.01. The van der Waals surface area contributed by atoms with Crippen molar-refractivity contribution in [2.75, 3.05) is 5.75 Å². The van der Waals surface area contributed by atoms with E-state index in [1.54, 1.807) is 6.08 Å². The molecule has 0 amide bonds. The molecule has 0 bridgehead atoms. The van der Waals surface area contributed by atoms with Crippen molar-refractivity contribution >= 4 is 27.2 Å². The lowest BCUT2D eigenvalue weighted by molar-refractivity contribution is 0.368. The summed E-state index contributed by atoms with van der Waals surface area (Å²) in [6.45, 7) is 0.615. The molecule has 21 heavy (non-hydrogen) atoms. The van der Waals surface area contributed by atoms with Gasteiger partial charge in [-0.3, -0.25) is 0 Å². The summed E-state index contributed by atoms with van der Waals surface area (Å²) >= 11 is 5.49. The number of sulfone groups is 1. The first-order chi connectivity index (χ1) is 10.0. The van der Waals surface area contributed by atoms with Gasteiger partial charge in [0.05, 0.1) is 11.8 Å². The third-order valence-electron chi connectivity index (χ3n) is 3.67. The molecule has 0 saturated heterocycles. The number of benzene rings is 1. The molecule has 1 heterocycles. The van der Waals surface area contributed by atoms with Gasteiger partial charge < -0.3 is 10.2 Å². The second kappa shape index (κ2) is 5.77. The van der Waals surface area contributed by atoms with Gasteiger partial charge in [-0.25, -0.2) is 8.42 Å². The van der Waals surface area contributed by atoms with E-state index in [2.05, 4.69) is 5.32 Å². The minimum absolute atomic E-state index is 0.103. The molecule has 6 heteroatoms. The predicted octanol–water partition coefficient (Wildman–Crippen LogP) is 1.84. The molecule has 1 aromatic rings. The minimum Gasteiger partial charge on any atom is -0.360 e. The quantitative estimate of drug-likeness (QED) is 0.857. The molecule has 0 spiro atoms. The van der Waals surface area contributed by atoms with Crippen LogP contribution in [-0.4, -0.2) is 36.3 Å². The highest BCUT2D eigenvalue weighted by Crippen LogP contribution is 2.22. The van der Waals surface area contributed by atoms with E-state index >= 15 is 0 Å². The van der Waals surface area contributed by atoms with Crippen molar-refractivity contribution in [1.82, 2.24) is 10.2 Å². The van der Waals surface area contributed by atoms with Gasteiger partial charge in [0.1, 0.15) is 0 Å². The van der Waals surface area contributed by atoms with Gasteiger partial charge in [0.15, 0.2) is 14.9 Å². The Morgan fingerprint density at radius 1 is 1.29 bits per heavy atom. The van der Waals surface area contributed by atoms with Gasteiger partial charge in [0, 0.05) is 18.0 Å². The monoisotopic (exact) mass is 322 g/mol. The summed E-state index contributed by atoms with van der Waals surface area (Å²) in [5, 5.41) is 5.25. The van der Waals surface area contributed by atoms with Crippen LogP contribution in [0.15, 0.2) is 41.8 Å². The Morgan fingerprint density at radius 2 is 2.00 bits per heavy atom. The molecule has 1 atom stereocenters. The van der Waals surface area contributed by atoms with Gasteiger partial charge in [-0.15, -0.1) is 0 Å². The summed E-state index contributed by atoms with van der Waals surface area (Å²) in [5.41, 5.74) is 1.12. The lowest BCUT2D eigenvalue weighted by atomic mass is 10.2. The highest BCUT2D eigenvalue weighted by molar-refractivity contribution is 7.94. The van der Waals surface area contributed by atoms with Crippen molar-refractivity contribution in [3.05, 3.63) is 47.4 Å². The maximum Gasteiger partial charge on any atom is 0.173 e. The minimum atomic E-state index is -3.09. The zero-order valence-corrected chi connectivity index (χ0v) is 13.2. The number of hydrogen-bond donors (Lipinski definition) is 1. The fourth-order valence-corrected chi connectivity index (χ4v) is 4.02. The number of rotatable bonds is 4. The first kappa shape index (κ1) is 14.5. The standard InChI is InChI=1S/C15H18N2O2S2/c18-21(19)9-8-14(11-21)17(15(20)16-13-6-7-13)10-12-4-2-1-3-5-12/h1-5,8-9,13-14H,6-7,10-11H2,(H,16,20)/t14-/m0/s1. The van der Waals surface area contributed by atoms with Crippen molar-refractivity contribution in [2.24, 2.45) is 0 Å². The van der Waals surface area contributed by atoms with E-state index in [1.807, 2.05) is 35.2 Å². The molecule has 1 aliphatic heterocycles. The number of thiocarbonyl (C=S) groups is 1.